The topological polar surface area (TPSA) is 63.2 Å². The summed E-state index contributed by atoms with van der Waals surface area (Å²) in [5, 5.41) is 5.79. The Morgan fingerprint density at radius 2 is 2.00 bits per heavy atom. The van der Waals surface area contributed by atoms with Crippen LogP contribution in [-0.2, 0) is 4.74 Å². The van der Waals surface area contributed by atoms with Crippen LogP contribution in [0.15, 0.2) is 36.4 Å². The number of carbonyl (C=O) groups excluding carboxylic acids is 1. The van der Waals surface area contributed by atoms with Crippen molar-refractivity contribution in [2.24, 2.45) is 0 Å². The van der Waals surface area contributed by atoms with Crippen molar-refractivity contribution in [3.63, 3.8) is 0 Å². The summed E-state index contributed by atoms with van der Waals surface area (Å²) in [4.78, 5) is 16.6. The van der Waals surface area contributed by atoms with Gasteiger partial charge in [0.25, 0.3) is 5.91 Å². The van der Waals surface area contributed by atoms with E-state index in [9.17, 15) is 4.79 Å². The number of ether oxygens (including phenoxy) is 1. The second-order valence-corrected chi connectivity index (χ2v) is 4.91. The summed E-state index contributed by atoms with van der Waals surface area (Å²) >= 11 is 0. The zero-order valence-corrected chi connectivity index (χ0v) is 13.1. The zero-order chi connectivity index (χ0) is 15.9. The summed E-state index contributed by atoms with van der Waals surface area (Å²) in [6, 6.07) is 11.7. The van der Waals surface area contributed by atoms with Crippen LogP contribution in [0.4, 0.5) is 5.82 Å². The van der Waals surface area contributed by atoms with Gasteiger partial charge in [0.05, 0.1) is 17.9 Å². The van der Waals surface area contributed by atoms with E-state index in [1.807, 2.05) is 37.3 Å². The number of nitrogens with one attached hydrogen (secondary N) is 2. The Bertz CT molecular complexity index is 656. The molecule has 1 heterocycles. The van der Waals surface area contributed by atoms with E-state index in [2.05, 4.69) is 15.6 Å². The van der Waals surface area contributed by atoms with Gasteiger partial charge < -0.3 is 15.4 Å². The second kappa shape index (κ2) is 7.56. The molecular formula is C17H21N3O2. The van der Waals surface area contributed by atoms with Crippen LogP contribution in [0.25, 0.3) is 11.3 Å². The fourth-order valence-corrected chi connectivity index (χ4v) is 2.19. The molecule has 0 bridgehead atoms. The molecule has 5 nitrogen and oxygen atoms in total. The zero-order valence-electron chi connectivity index (χ0n) is 13.1. The van der Waals surface area contributed by atoms with E-state index in [0.29, 0.717) is 24.5 Å². The molecule has 0 saturated heterocycles. The first-order valence-electron chi connectivity index (χ1n) is 7.19. The lowest BCUT2D eigenvalue weighted by molar-refractivity contribution is 0.0963. The highest BCUT2D eigenvalue weighted by Crippen LogP contribution is 2.24. The molecule has 2 N–H and O–H groups in total. The van der Waals surface area contributed by atoms with E-state index in [4.69, 9.17) is 4.74 Å². The molecule has 0 saturated carbocycles. The lowest BCUT2D eigenvalue weighted by atomic mass is 10.0. The van der Waals surface area contributed by atoms with Crippen LogP contribution in [0.2, 0.25) is 0 Å². The highest BCUT2D eigenvalue weighted by Gasteiger charge is 2.13. The Morgan fingerprint density at radius 1 is 1.23 bits per heavy atom. The lowest BCUT2D eigenvalue weighted by Gasteiger charge is -2.13. The van der Waals surface area contributed by atoms with E-state index >= 15 is 0 Å². The van der Waals surface area contributed by atoms with Crippen LogP contribution < -0.4 is 10.6 Å². The molecule has 1 aromatic heterocycles. The minimum absolute atomic E-state index is 0.163. The fourth-order valence-electron chi connectivity index (χ4n) is 2.19. The average Bonchev–Trinajstić information content (AvgIpc) is 2.55. The Labute approximate surface area is 130 Å². The highest BCUT2D eigenvalue weighted by atomic mass is 16.5. The van der Waals surface area contributed by atoms with Crippen LogP contribution in [0.5, 0.6) is 0 Å². The third-order valence-corrected chi connectivity index (χ3v) is 3.39. The number of pyridine rings is 1. The van der Waals surface area contributed by atoms with E-state index in [-0.39, 0.29) is 5.91 Å². The molecule has 0 unspecified atom stereocenters. The number of aromatic nitrogens is 1. The van der Waals surface area contributed by atoms with Gasteiger partial charge in [-0.3, -0.25) is 4.79 Å². The number of carbonyl (C=O) groups is 1. The van der Waals surface area contributed by atoms with Crippen molar-refractivity contribution in [3.05, 3.63) is 47.5 Å². The van der Waals surface area contributed by atoms with Crippen LogP contribution >= 0.6 is 0 Å². The highest BCUT2D eigenvalue weighted by molar-refractivity contribution is 5.99. The molecular weight excluding hydrogens is 278 g/mol. The summed E-state index contributed by atoms with van der Waals surface area (Å²) in [5.41, 5.74) is 3.56. The number of benzene rings is 1. The summed E-state index contributed by atoms with van der Waals surface area (Å²) < 4.78 is 5.03. The summed E-state index contributed by atoms with van der Waals surface area (Å²) in [6.07, 6.45) is 0. The normalized spacial score (nSPS) is 10.3. The number of rotatable bonds is 6. The summed E-state index contributed by atoms with van der Waals surface area (Å²) in [6.45, 7) is 3.18. The van der Waals surface area contributed by atoms with E-state index < -0.39 is 0 Å². The molecule has 0 atom stereocenters. The standard InChI is InChI=1S/C17H21N3O2/c1-12-6-4-5-7-13(12)15-9-8-14(17(21)18-2)16(20-15)19-10-11-22-3/h4-9H,10-11H2,1-3H3,(H,18,21)(H,19,20). The number of nitrogens with zero attached hydrogens (tertiary/aromatic N) is 1. The Balaban J connectivity index is 2.40. The maximum absolute atomic E-state index is 12.0. The van der Waals surface area contributed by atoms with Gasteiger partial charge in [0.1, 0.15) is 5.82 Å². The average molecular weight is 299 g/mol. The number of methoxy groups -OCH3 is 1. The molecule has 0 aliphatic carbocycles. The van der Waals surface area contributed by atoms with Crippen molar-refractivity contribution in [1.82, 2.24) is 10.3 Å². The van der Waals surface area contributed by atoms with Crippen molar-refractivity contribution in [3.8, 4) is 11.3 Å². The van der Waals surface area contributed by atoms with Crippen molar-refractivity contribution < 1.29 is 9.53 Å². The predicted octanol–water partition coefficient (Wildman–Crippen LogP) is 2.47. The minimum Gasteiger partial charge on any atom is -0.383 e. The number of amides is 1. The van der Waals surface area contributed by atoms with Gasteiger partial charge in [-0.1, -0.05) is 24.3 Å². The summed E-state index contributed by atoms with van der Waals surface area (Å²) in [5.74, 6) is 0.404. The van der Waals surface area contributed by atoms with E-state index in [1.54, 1.807) is 20.2 Å². The van der Waals surface area contributed by atoms with Crippen LogP contribution in [0.1, 0.15) is 15.9 Å². The van der Waals surface area contributed by atoms with Gasteiger partial charge in [-0.15, -0.1) is 0 Å². The molecule has 1 amide bonds. The van der Waals surface area contributed by atoms with Crippen molar-refractivity contribution in [1.29, 1.82) is 0 Å². The molecule has 5 heteroatoms. The first-order valence-corrected chi connectivity index (χ1v) is 7.19. The molecule has 116 valence electrons. The van der Waals surface area contributed by atoms with Crippen LogP contribution in [-0.4, -0.2) is 38.2 Å². The second-order valence-electron chi connectivity index (χ2n) is 4.91. The summed E-state index contributed by atoms with van der Waals surface area (Å²) in [7, 11) is 3.25. The molecule has 0 aliphatic rings. The molecule has 2 aromatic rings. The Hall–Kier alpha value is -2.40. The maximum atomic E-state index is 12.0. The Kier molecular flexibility index (Phi) is 5.49. The first kappa shape index (κ1) is 16.0. The van der Waals surface area contributed by atoms with Gasteiger partial charge in [0.2, 0.25) is 0 Å². The lowest BCUT2D eigenvalue weighted by Crippen LogP contribution is -2.21. The molecule has 22 heavy (non-hydrogen) atoms. The minimum atomic E-state index is -0.163. The number of aryl methyl sites for hydroxylation is 1. The van der Waals surface area contributed by atoms with Crippen molar-refractivity contribution in [2.75, 3.05) is 32.6 Å². The fraction of sp³-hybridized carbons (Fsp3) is 0.294. The molecule has 0 fully saturated rings. The van der Waals surface area contributed by atoms with Crippen molar-refractivity contribution >= 4 is 11.7 Å². The van der Waals surface area contributed by atoms with E-state index in [0.717, 1.165) is 16.8 Å². The van der Waals surface area contributed by atoms with Gasteiger partial charge in [0.15, 0.2) is 0 Å². The predicted molar refractivity (Wildman–Crippen MR) is 88.2 cm³/mol. The molecule has 0 spiro atoms. The monoisotopic (exact) mass is 299 g/mol. The molecule has 0 radical (unpaired) electrons. The molecule has 1 aromatic carbocycles. The molecule has 2 rings (SSSR count). The van der Waals surface area contributed by atoms with Crippen LogP contribution in [0.3, 0.4) is 0 Å². The van der Waals surface area contributed by atoms with Gasteiger partial charge in [0, 0.05) is 26.3 Å². The smallest absolute Gasteiger partial charge is 0.254 e. The maximum Gasteiger partial charge on any atom is 0.254 e. The van der Waals surface area contributed by atoms with Crippen molar-refractivity contribution in [2.45, 2.75) is 6.92 Å². The number of hydrogen-bond acceptors (Lipinski definition) is 4. The third-order valence-electron chi connectivity index (χ3n) is 3.39. The van der Waals surface area contributed by atoms with Gasteiger partial charge >= 0.3 is 0 Å². The largest absolute Gasteiger partial charge is 0.383 e. The third kappa shape index (κ3) is 3.62. The number of anilines is 1. The first-order chi connectivity index (χ1) is 10.7. The van der Waals surface area contributed by atoms with Gasteiger partial charge in [-0.2, -0.15) is 0 Å². The van der Waals surface area contributed by atoms with Gasteiger partial charge in [-0.25, -0.2) is 4.98 Å². The van der Waals surface area contributed by atoms with Gasteiger partial charge in [-0.05, 0) is 24.6 Å². The van der Waals surface area contributed by atoms with Crippen LogP contribution in [0, 0.1) is 6.92 Å². The molecule has 0 aliphatic heterocycles. The quantitative estimate of drug-likeness (QED) is 0.804. The Morgan fingerprint density at radius 3 is 2.68 bits per heavy atom. The van der Waals surface area contributed by atoms with E-state index in [1.165, 1.54) is 0 Å². The number of hydrogen-bond donors (Lipinski definition) is 2. The SMILES string of the molecule is CNC(=O)c1ccc(-c2ccccc2C)nc1NCCOC.